The van der Waals surface area contributed by atoms with Gasteiger partial charge >= 0.3 is 6.16 Å². The van der Waals surface area contributed by atoms with Gasteiger partial charge in [0.25, 0.3) is 0 Å². The van der Waals surface area contributed by atoms with Crippen LogP contribution in [0, 0.1) is 0 Å². The molecule has 6 nitrogen and oxygen atoms in total. The summed E-state index contributed by atoms with van der Waals surface area (Å²) in [7, 11) is 0. The van der Waals surface area contributed by atoms with Crippen LogP contribution in [-0.2, 0) is 23.7 Å². The van der Waals surface area contributed by atoms with Crippen molar-refractivity contribution in [2.45, 2.75) is 46.1 Å². The topological polar surface area (TPSA) is 63.2 Å². The SMILES string of the molecule is CCOCCOC(=O)OCCCCOCC(CC)OCC. The van der Waals surface area contributed by atoms with Gasteiger partial charge in [0.15, 0.2) is 0 Å². The molecule has 1 atom stereocenters. The van der Waals surface area contributed by atoms with Gasteiger partial charge in [-0.15, -0.1) is 0 Å². The van der Waals surface area contributed by atoms with E-state index in [0.717, 1.165) is 19.3 Å². The Morgan fingerprint density at radius 3 is 2.24 bits per heavy atom. The van der Waals surface area contributed by atoms with E-state index in [4.69, 9.17) is 23.7 Å². The lowest BCUT2D eigenvalue weighted by atomic mass is 10.3. The molecule has 6 heteroatoms. The molecule has 0 aromatic rings. The summed E-state index contributed by atoms with van der Waals surface area (Å²) >= 11 is 0. The lowest BCUT2D eigenvalue weighted by Gasteiger charge is -2.14. The summed E-state index contributed by atoms with van der Waals surface area (Å²) in [5.41, 5.74) is 0. The molecule has 126 valence electrons. The van der Waals surface area contributed by atoms with Crippen LogP contribution < -0.4 is 0 Å². The monoisotopic (exact) mass is 306 g/mol. The van der Waals surface area contributed by atoms with Gasteiger partial charge in [-0.1, -0.05) is 6.92 Å². The number of carbonyl (C=O) groups excluding carboxylic acids is 1. The van der Waals surface area contributed by atoms with Gasteiger partial charge in [-0.2, -0.15) is 0 Å². The van der Waals surface area contributed by atoms with E-state index in [1.165, 1.54) is 0 Å². The molecule has 0 saturated carbocycles. The minimum Gasteiger partial charge on any atom is -0.434 e. The standard InChI is InChI=1S/C15H30O6/c1-4-14(19-6-3)13-18-9-7-8-10-20-15(16)21-12-11-17-5-2/h14H,4-13H2,1-3H3. The Hall–Kier alpha value is -0.850. The van der Waals surface area contributed by atoms with E-state index in [-0.39, 0.29) is 12.7 Å². The number of ether oxygens (including phenoxy) is 5. The molecule has 0 aliphatic heterocycles. The minimum absolute atomic E-state index is 0.173. The van der Waals surface area contributed by atoms with Crippen LogP contribution in [0.4, 0.5) is 4.79 Å². The molecule has 0 fully saturated rings. The molecule has 0 heterocycles. The maximum absolute atomic E-state index is 11.1. The Kier molecular flexibility index (Phi) is 14.9. The number of hydrogen-bond acceptors (Lipinski definition) is 6. The van der Waals surface area contributed by atoms with Crippen molar-refractivity contribution < 1.29 is 28.5 Å². The molecule has 0 saturated heterocycles. The van der Waals surface area contributed by atoms with Gasteiger partial charge in [-0.3, -0.25) is 0 Å². The third kappa shape index (κ3) is 13.9. The first-order valence-corrected chi connectivity index (χ1v) is 7.81. The predicted octanol–water partition coefficient (Wildman–Crippen LogP) is 2.79. The molecule has 0 aromatic heterocycles. The van der Waals surface area contributed by atoms with Gasteiger partial charge in [0.2, 0.25) is 0 Å². The number of rotatable bonds is 14. The second-order valence-electron chi connectivity index (χ2n) is 4.41. The minimum atomic E-state index is -0.641. The van der Waals surface area contributed by atoms with Gasteiger partial charge < -0.3 is 23.7 Å². The van der Waals surface area contributed by atoms with Gasteiger partial charge in [0.1, 0.15) is 6.61 Å². The van der Waals surface area contributed by atoms with Crippen LogP contribution >= 0.6 is 0 Å². The van der Waals surface area contributed by atoms with Gasteiger partial charge in [-0.05, 0) is 33.1 Å². The summed E-state index contributed by atoms with van der Waals surface area (Å²) in [6.07, 6.45) is 2.08. The molecule has 0 amide bonds. The van der Waals surface area contributed by atoms with Crippen molar-refractivity contribution in [3.63, 3.8) is 0 Å². The summed E-state index contributed by atoms with van der Waals surface area (Å²) < 4.78 is 25.8. The zero-order chi connectivity index (χ0) is 15.8. The molecule has 0 spiro atoms. The van der Waals surface area contributed by atoms with Crippen LogP contribution in [0.15, 0.2) is 0 Å². The Morgan fingerprint density at radius 1 is 0.857 bits per heavy atom. The molecule has 0 aliphatic rings. The fourth-order valence-corrected chi connectivity index (χ4v) is 1.57. The summed E-state index contributed by atoms with van der Waals surface area (Å²) in [5, 5.41) is 0. The van der Waals surface area contributed by atoms with E-state index in [1.807, 2.05) is 13.8 Å². The van der Waals surface area contributed by atoms with Crippen LogP contribution in [0.2, 0.25) is 0 Å². The fraction of sp³-hybridized carbons (Fsp3) is 0.933. The Bertz CT molecular complexity index is 234. The first-order valence-electron chi connectivity index (χ1n) is 7.81. The molecule has 21 heavy (non-hydrogen) atoms. The highest BCUT2D eigenvalue weighted by Gasteiger charge is 2.05. The average Bonchev–Trinajstić information content (AvgIpc) is 2.49. The first-order chi connectivity index (χ1) is 10.2. The molecule has 0 aliphatic carbocycles. The summed E-state index contributed by atoms with van der Waals surface area (Å²) in [5.74, 6) is 0. The van der Waals surface area contributed by atoms with Crippen molar-refractivity contribution in [2.75, 3.05) is 46.2 Å². The molecule has 0 rings (SSSR count). The van der Waals surface area contributed by atoms with Crippen molar-refractivity contribution in [1.82, 2.24) is 0 Å². The largest absolute Gasteiger partial charge is 0.508 e. The van der Waals surface area contributed by atoms with Crippen LogP contribution in [0.25, 0.3) is 0 Å². The summed E-state index contributed by atoms with van der Waals surface area (Å²) in [4.78, 5) is 11.1. The normalized spacial score (nSPS) is 12.1. The van der Waals surface area contributed by atoms with E-state index in [2.05, 4.69) is 6.92 Å². The highest BCUT2D eigenvalue weighted by Crippen LogP contribution is 2.00. The van der Waals surface area contributed by atoms with Crippen molar-refractivity contribution in [1.29, 1.82) is 0 Å². The van der Waals surface area contributed by atoms with Crippen molar-refractivity contribution in [2.24, 2.45) is 0 Å². The van der Waals surface area contributed by atoms with Gasteiger partial charge in [0, 0.05) is 19.8 Å². The Labute approximate surface area is 128 Å². The number of hydrogen-bond donors (Lipinski definition) is 0. The maximum Gasteiger partial charge on any atom is 0.508 e. The van der Waals surface area contributed by atoms with Crippen LogP contribution in [-0.4, -0.2) is 58.5 Å². The smallest absolute Gasteiger partial charge is 0.434 e. The molecule has 0 radical (unpaired) electrons. The zero-order valence-electron chi connectivity index (χ0n) is 13.6. The van der Waals surface area contributed by atoms with Gasteiger partial charge in [-0.25, -0.2) is 4.79 Å². The summed E-state index contributed by atoms with van der Waals surface area (Å²) in [6, 6.07) is 0. The highest BCUT2D eigenvalue weighted by atomic mass is 16.7. The van der Waals surface area contributed by atoms with Crippen molar-refractivity contribution >= 4 is 6.16 Å². The predicted molar refractivity (Wildman–Crippen MR) is 79.6 cm³/mol. The third-order valence-electron chi connectivity index (χ3n) is 2.72. The molecule has 1 unspecified atom stereocenters. The quantitative estimate of drug-likeness (QED) is 0.363. The lowest BCUT2D eigenvalue weighted by Crippen LogP contribution is -2.19. The molecule has 0 N–H and O–H groups in total. The maximum atomic E-state index is 11.1. The Morgan fingerprint density at radius 2 is 1.57 bits per heavy atom. The first kappa shape index (κ1) is 20.1. The van der Waals surface area contributed by atoms with E-state index in [9.17, 15) is 4.79 Å². The molecule has 0 aromatic carbocycles. The third-order valence-corrected chi connectivity index (χ3v) is 2.72. The second kappa shape index (κ2) is 15.5. The number of unbranched alkanes of at least 4 members (excludes halogenated alkanes) is 1. The van der Waals surface area contributed by atoms with E-state index >= 15 is 0 Å². The molecular weight excluding hydrogens is 276 g/mol. The van der Waals surface area contributed by atoms with E-state index < -0.39 is 6.16 Å². The summed E-state index contributed by atoms with van der Waals surface area (Å²) in [6.45, 7) is 9.50. The van der Waals surface area contributed by atoms with Crippen molar-refractivity contribution in [3.8, 4) is 0 Å². The molecule has 0 bridgehead atoms. The van der Waals surface area contributed by atoms with Crippen molar-refractivity contribution in [3.05, 3.63) is 0 Å². The van der Waals surface area contributed by atoms with E-state index in [0.29, 0.717) is 39.6 Å². The fourth-order valence-electron chi connectivity index (χ4n) is 1.57. The highest BCUT2D eigenvalue weighted by molar-refractivity contribution is 5.59. The second-order valence-corrected chi connectivity index (χ2v) is 4.41. The Balaban J connectivity index is 3.29. The van der Waals surface area contributed by atoms with Crippen LogP contribution in [0.1, 0.15) is 40.0 Å². The van der Waals surface area contributed by atoms with Crippen LogP contribution in [0.3, 0.4) is 0 Å². The average molecular weight is 306 g/mol. The lowest BCUT2D eigenvalue weighted by molar-refractivity contribution is -0.0150. The van der Waals surface area contributed by atoms with Crippen LogP contribution in [0.5, 0.6) is 0 Å². The zero-order valence-corrected chi connectivity index (χ0v) is 13.6. The van der Waals surface area contributed by atoms with Gasteiger partial charge in [0.05, 0.1) is 25.9 Å². The number of carbonyl (C=O) groups is 1. The van der Waals surface area contributed by atoms with E-state index in [1.54, 1.807) is 0 Å². The molecular formula is C15H30O6.